The van der Waals surface area contributed by atoms with Crippen LogP contribution >= 0.6 is 11.3 Å². The molecule has 0 bridgehead atoms. The summed E-state index contributed by atoms with van der Waals surface area (Å²) >= 11 is 1.67. The van der Waals surface area contributed by atoms with E-state index >= 15 is 0 Å². The van der Waals surface area contributed by atoms with Gasteiger partial charge in [-0.15, -0.1) is 10.2 Å². The standard InChI is InChI=1S/C18H20N4O2S/c23-17(22-8-7-12-3-1-2-4-14(12)22)15-11-21(9-10-24-15)18-20-19-16(25-18)13-5-6-13/h1-4,13,15H,5-11H2. The van der Waals surface area contributed by atoms with Gasteiger partial charge in [-0.05, 0) is 30.9 Å². The number of ether oxygens (including phenoxy) is 1. The van der Waals surface area contributed by atoms with Crippen molar-refractivity contribution in [1.82, 2.24) is 10.2 Å². The number of rotatable bonds is 3. The molecular weight excluding hydrogens is 336 g/mol. The zero-order chi connectivity index (χ0) is 16.8. The van der Waals surface area contributed by atoms with E-state index in [1.807, 2.05) is 23.1 Å². The molecule has 25 heavy (non-hydrogen) atoms. The molecule has 1 atom stereocenters. The van der Waals surface area contributed by atoms with Gasteiger partial charge in [0.15, 0.2) is 6.10 Å². The number of carbonyl (C=O) groups is 1. The van der Waals surface area contributed by atoms with E-state index in [2.05, 4.69) is 21.2 Å². The fourth-order valence-electron chi connectivity index (χ4n) is 3.56. The van der Waals surface area contributed by atoms with Crippen molar-refractivity contribution >= 4 is 28.1 Å². The van der Waals surface area contributed by atoms with Crippen LogP contribution in [0, 0.1) is 0 Å². The Bertz CT molecular complexity index is 804. The third-order valence-electron chi connectivity index (χ3n) is 5.12. The van der Waals surface area contributed by atoms with E-state index in [0.29, 0.717) is 19.1 Å². The first-order valence-electron chi connectivity index (χ1n) is 8.89. The highest BCUT2D eigenvalue weighted by Gasteiger charge is 2.35. The molecule has 1 saturated carbocycles. The number of carbonyl (C=O) groups excluding carboxylic acids is 1. The second-order valence-electron chi connectivity index (χ2n) is 6.87. The van der Waals surface area contributed by atoms with E-state index in [1.165, 1.54) is 18.4 Å². The lowest BCUT2D eigenvalue weighted by atomic mass is 10.2. The molecule has 1 amide bonds. The van der Waals surface area contributed by atoms with Crippen LogP contribution in [-0.4, -0.2) is 48.4 Å². The molecule has 2 aromatic rings. The van der Waals surface area contributed by atoms with Gasteiger partial charge in [0.2, 0.25) is 5.13 Å². The van der Waals surface area contributed by atoms with E-state index in [-0.39, 0.29) is 5.91 Å². The Labute approximate surface area is 150 Å². The number of para-hydroxylation sites is 1. The number of hydrogen-bond acceptors (Lipinski definition) is 6. The van der Waals surface area contributed by atoms with Crippen LogP contribution in [0.2, 0.25) is 0 Å². The molecule has 130 valence electrons. The number of nitrogens with zero attached hydrogens (tertiary/aromatic N) is 4. The number of amides is 1. The van der Waals surface area contributed by atoms with Crippen LogP contribution in [0.3, 0.4) is 0 Å². The van der Waals surface area contributed by atoms with Crippen LogP contribution in [-0.2, 0) is 16.0 Å². The smallest absolute Gasteiger partial charge is 0.257 e. The normalized spacial score (nSPS) is 23.0. The molecule has 1 unspecified atom stereocenters. The quantitative estimate of drug-likeness (QED) is 0.844. The highest BCUT2D eigenvalue weighted by molar-refractivity contribution is 7.15. The van der Waals surface area contributed by atoms with Crippen molar-refractivity contribution in [3.8, 4) is 0 Å². The maximum atomic E-state index is 13.0. The molecule has 1 saturated heterocycles. The molecule has 0 N–H and O–H groups in total. The summed E-state index contributed by atoms with van der Waals surface area (Å²) < 4.78 is 5.81. The first kappa shape index (κ1) is 15.3. The predicted molar refractivity (Wildman–Crippen MR) is 96.3 cm³/mol. The van der Waals surface area contributed by atoms with Crippen LogP contribution in [0.25, 0.3) is 0 Å². The van der Waals surface area contributed by atoms with E-state index in [9.17, 15) is 4.79 Å². The Hall–Kier alpha value is -1.99. The second-order valence-corrected chi connectivity index (χ2v) is 7.86. The molecule has 2 fully saturated rings. The molecule has 3 aliphatic rings. The van der Waals surface area contributed by atoms with Crippen LogP contribution in [0.5, 0.6) is 0 Å². The van der Waals surface area contributed by atoms with E-state index in [0.717, 1.165) is 35.3 Å². The van der Waals surface area contributed by atoms with E-state index < -0.39 is 6.10 Å². The van der Waals surface area contributed by atoms with Gasteiger partial charge in [0, 0.05) is 24.7 Å². The van der Waals surface area contributed by atoms with Crippen LogP contribution in [0.1, 0.15) is 29.3 Å². The first-order valence-corrected chi connectivity index (χ1v) is 9.70. The van der Waals surface area contributed by atoms with Crippen molar-refractivity contribution in [2.24, 2.45) is 0 Å². The Balaban J connectivity index is 1.31. The summed E-state index contributed by atoms with van der Waals surface area (Å²) in [5.41, 5.74) is 2.27. The van der Waals surface area contributed by atoms with Gasteiger partial charge >= 0.3 is 0 Å². The van der Waals surface area contributed by atoms with Gasteiger partial charge in [0.05, 0.1) is 13.2 Å². The molecule has 5 rings (SSSR count). The number of aromatic nitrogens is 2. The average molecular weight is 356 g/mol. The zero-order valence-corrected chi connectivity index (χ0v) is 14.7. The SMILES string of the molecule is O=C(C1CN(c2nnc(C3CC3)s2)CCO1)N1CCc2ccccc21. The van der Waals surface area contributed by atoms with E-state index in [4.69, 9.17) is 4.74 Å². The molecular formula is C18H20N4O2S. The number of benzene rings is 1. The van der Waals surface area contributed by atoms with Crippen molar-refractivity contribution in [3.63, 3.8) is 0 Å². The summed E-state index contributed by atoms with van der Waals surface area (Å²) in [6, 6.07) is 8.13. The van der Waals surface area contributed by atoms with Gasteiger partial charge in [0.25, 0.3) is 5.91 Å². The topological polar surface area (TPSA) is 58.6 Å². The first-order chi connectivity index (χ1) is 12.3. The van der Waals surface area contributed by atoms with Crippen LogP contribution in [0.15, 0.2) is 24.3 Å². The Morgan fingerprint density at radius 2 is 2.08 bits per heavy atom. The van der Waals surface area contributed by atoms with Crippen molar-refractivity contribution in [2.75, 3.05) is 36.0 Å². The summed E-state index contributed by atoms with van der Waals surface area (Å²) in [7, 11) is 0. The molecule has 1 aliphatic carbocycles. The van der Waals surface area contributed by atoms with Gasteiger partial charge in [-0.3, -0.25) is 4.79 Å². The van der Waals surface area contributed by atoms with Crippen molar-refractivity contribution < 1.29 is 9.53 Å². The lowest BCUT2D eigenvalue weighted by Crippen LogP contribution is -2.51. The van der Waals surface area contributed by atoms with Gasteiger partial charge in [-0.2, -0.15) is 0 Å². The summed E-state index contributed by atoms with van der Waals surface area (Å²) in [6.07, 6.45) is 2.94. The van der Waals surface area contributed by atoms with Gasteiger partial charge in [0.1, 0.15) is 5.01 Å². The molecule has 0 radical (unpaired) electrons. The lowest BCUT2D eigenvalue weighted by molar-refractivity contribution is -0.130. The van der Waals surface area contributed by atoms with Crippen LogP contribution < -0.4 is 9.80 Å². The minimum atomic E-state index is -0.437. The fourth-order valence-corrected chi connectivity index (χ4v) is 4.61. The third-order valence-corrected chi connectivity index (χ3v) is 6.27. The highest BCUT2D eigenvalue weighted by atomic mass is 32.1. The van der Waals surface area contributed by atoms with E-state index in [1.54, 1.807) is 11.3 Å². The van der Waals surface area contributed by atoms with Gasteiger partial charge in [-0.1, -0.05) is 29.5 Å². The maximum absolute atomic E-state index is 13.0. The average Bonchev–Trinajstić information content (AvgIpc) is 3.23. The minimum absolute atomic E-state index is 0.0570. The monoisotopic (exact) mass is 356 g/mol. The molecule has 3 heterocycles. The van der Waals surface area contributed by atoms with Crippen molar-refractivity contribution in [2.45, 2.75) is 31.3 Å². The highest BCUT2D eigenvalue weighted by Crippen LogP contribution is 2.42. The molecule has 6 nitrogen and oxygen atoms in total. The van der Waals surface area contributed by atoms with Crippen LogP contribution in [0.4, 0.5) is 10.8 Å². The number of morpholine rings is 1. The molecule has 7 heteroatoms. The lowest BCUT2D eigenvalue weighted by Gasteiger charge is -2.33. The second kappa shape index (κ2) is 6.07. The summed E-state index contributed by atoms with van der Waals surface area (Å²) in [6.45, 7) is 2.60. The largest absolute Gasteiger partial charge is 0.365 e. The zero-order valence-electron chi connectivity index (χ0n) is 13.9. The molecule has 2 aliphatic heterocycles. The number of hydrogen-bond donors (Lipinski definition) is 0. The Morgan fingerprint density at radius 1 is 1.20 bits per heavy atom. The third kappa shape index (κ3) is 2.81. The molecule has 1 aromatic heterocycles. The number of fused-ring (bicyclic) bond motifs is 1. The number of anilines is 2. The Kier molecular flexibility index (Phi) is 3.71. The van der Waals surface area contributed by atoms with Gasteiger partial charge < -0.3 is 14.5 Å². The molecule has 1 aromatic carbocycles. The summed E-state index contributed by atoms with van der Waals surface area (Å²) in [5.74, 6) is 0.674. The van der Waals surface area contributed by atoms with Crippen molar-refractivity contribution in [3.05, 3.63) is 34.8 Å². The summed E-state index contributed by atoms with van der Waals surface area (Å²) in [5, 5.41) is 10.7. The molecule has 0 spiro atoms. The minimum Gasteiger partial charge on any atom is -0.365 e. The summed E-state index contributed by atoms with van der Waals surface area (Å²) in [4.78, 5) is 17.0. The fraction of sp³-hybridized carbons (Fsp3) is 0.500. The van der Waals surface area contributed by atoms with Gasteiger partial charge in [-0.25, -0.2) is 0 Å². The maximum Gasteiger partial charge on any atom is 0.257 e. The van der Waals surface area contributed by atoms with Crippen molar-refractivity contribution in [1.29, 1.82) is 0 Å². The predicted octanol–water partition coefficient (Wildman–Crippen LogP) is 2.21. The Morgan fingerprint density at radius 3 is 2.96 bits per heavy atom.